The van der Waals surface area contributed by atoms with Crippen molar-refractivity contribution in [1.29, 1.82) is 0 Å². The second kappa shape index (κ2) is 21.1. The number of ether oxygens (including phenoxy) is 4. The highest BCUT2D eigenvalue weighted by atomic mass is 127. The van der Waals surface area contributed by atoms with E-state index in [9.17, 15) is 9.59 Å². The van der Waals surface area contributed by atoms with Crippen molar-refractivity contribution < 1.29 is 37.4 Å². The molecule has 9 nitrogen and oxygen atoms in total. The smallest absolute Gasteiger partial charge is 0.407 e. The SMILES string of the molecule is C=CCOC(=O)NCCC(O[Si](C)(C)C(C)(C)C)[C@@H]1C[C@H](O[Si](C)(C)C(C)(C)C)[C@H](C(C)CC(=O)CC(C)C(/C=C/I)OCc2ccc(OC)cc2)O1. The van der Waals surface area contributed by atoms with Crippen LogP contribution in [0.5, 0.6) is 5.75 Å². The number of hydrogen-bond donors (Lipinski definition) is 1. The maximum atomic E-state index is 13.8. The first-order valence-corrected chi connectivity index (χ1v) is 26.2. The number of carbonyl (C=O) groups excluding carboxylic acids is 2. The molecule has 1 aromatic rings. The van der Waals surface area contributed by atoms with Gasteiger partial charge in [-0.2, -0.15) is 0 Å². The molecule has 12 heteroatoms. The molecule has 1 heterocycles. The number of ketones is 1. The highest BCUT2D eigenvalue weighted by Crippen LogP contribution is 2.44. The minimum atomic E-state index is -2.22. The van der Waals surface area contributed by atoms with E-state index in [0.29, 0.717) is 38.8 Å². The van der Waals surface area contributed by atoms with Crippen LogP contribution in [-0.4, -0.2) is 79.3 Å². The number of benzene rings is 1. The van der Waals surface area contributed by atoms with Crippen LogP contribution in [-0.2, 0) is 34.5 Å². The second-order valence-electron chi connectivity index (χ2n) is 17.7. The number of rotatable bonds is 21. The van der Waals surface area contributed by atoms with Crippen molar-refractivity contribution in [2.45, 2.75) is 154 Å². The molecule has 0 saturated carbocycles. The van der Waals surface area contributed by atoms with Gasteiger partial charge < -0.3 is 33.1 Å². The van der Waals surface area contributed by atoms with Crippen LogP contribution >= 0.6 is 22.6 Å². The normalized spacial score (nSPS) is 20.8. The number of halogens is 1. The molecule has 0 aromatic heterocycles. The predicted octanol–water partition coefficient (Wildman–Crippen LogP) is 10.4. The molecule has 1 aliphatic rings. The van der Waals surface area contributed by atoms with Crippen molar-refractivity contribution in [1.82, 2.24) is 5.32 Å². The lowest BCUT2D eigenvalue weighted by Crippen LogP contribution is -2.48. The maximum Gasteiger partial charge on any atom is 0.407 e. The van der Waals surface area contributed by atoms with E-state index in [4.69, 9.17) is 27.8 Å². The van der Waals surface area contributed by atoms with Crippen LogP contribution in [0.15, 0.2) is 47.1 Å². The van der Waals surface area contributed by atoms with Gasteiger partial charge in [-0.05, 0) is 82.4 Å². The summed E-state index contributed by atoms with van der Waals surface area (Å²) in [4.78, 5) is 26.0. The summed E-state index contributed by atoms with van der Waals surface area (Å²) in [5.41, 5.74) is 1.05. The molecular formula is C41H70INO8Si2. The molecule has 1 fully saturated rings. The Bertz CT molecular complexity index is 1320. The molecule has 0 spiro atoms. The molecule has 1 aromatic carbocycles. The van der Waals surface area contributed by atoms with Gasteiger partial charge in [0.25, 0.3) is 0 Å². The summed E-state index contributed by atoms with van der Waals surface area (Å²) < 4.78 is 39.8. The van der Waals surface area contributed by atoms with Crippen LogP contribution in [0.2, 0.25) is 36.3 Å². The summed E-state index contributed by atoms with van der Waals surface area (Å²) in [6.45, 7) is 31.2. The van der Waals surface area contributed by atoms with E-state index in [0.717, 1.165) is 11.3 Å². The van der Waals surface area contributed by atoms with Gasteiger partial charge >= 0.3 is 6.09 Å². The number of alkyl carbamates (subject to hydrolysis) is 1. The Hall–Kier alpha value is -1.56. The van der Waals surface area contributed by atoms with Crippen molar-refractivity contribution in [2.24, 2.45) is 11.8 Å². The van der Waals surface area contributed by atoms with E-state index in [-0.39, 0.29) is 64.8 Å². The average Bonchev–Trinajstić information content (AvgIpc) is 3.47. The third kappa shape index (κ3) is 15.1. The molecular weight excluding hydrogens is 818 g/mol. The first-order chi connectivity index (χ1) is 24.5. The molecule has 2 rings (SSSR count). The van der Waals surface area contributed by atoms with Crippen molar-refractivity contribution in [3.05, 3.63) is 52.6 Å². The zero-order chi connectivity index (χ0) is 40.2. The minimum absolute atomic E-state index is 0.00386. The van der Waals surface area contributed by atoms with Crippen molar-refractivity contribution >= 4 is 51.1 Å². The summed E-state index contributed by atoms with van der Waals surface area (Å²) in [5.74, 6) is 0.897. The van der Waals surface area contributed by atoms with Gasteiger partial charge in [0.05, 0.1) is 44.2 Å². The molecule has 0 aliphatic carbocycles. The van der Waals surface area contributed by atoms with Crippen LogP contribution in [0.25, 0.3) is 0 Å². The fourth-order valence-electron chi connectivity index (χ4n) is 5.93. The number of nitrogens with one attached hydrogen (secondary N) is 1. The Morgan fingerprint density at radius 3 is 2.19 bits per heavy atom. The molecule has 7 atom stereocenters. The Morgan fingerprint density at radius 1 is 1.02 bits per heavy atom. The zero-order valence-corrected chi connectivity index (χ0v) is 39.0. The molecule has 0 radical (unpaired) electrons. The summed E-state index contributed by atoms with van der Waals surface area (Å²) >= 11 is 2.21. The van der Waals surface area contributed by atoms with Gasteiger partial charge in [-0.25, -0.2) is 4.79 Å². The van der Waals surface area contributed by atoms with Crippen LogP contribution in [0.4, 0.5) is 4.79 Å². The van der Waals surface area contributed by atoms with Gasteiger partial charge in [-0.3, -0.25) is 4.79 Å². The number of Topliss-reactive ketones (excluding diaryl/α,β-unsaturated/α-hetero) is 1. The quantitative estimate of drug-likeness (QED) is 0.0740. The van der Waals surface area contributed by atoms with Gasteiger partial charge in [-0.1, -0.05) is 103 Å². The topological polar surface area (TPSA) is 102 Å². The van der Waals surface area contributed by atoms with Crippen LogP contribution in [0, 0.1) is 11.8 Å². The molecule has 1 amide bonds. The van der Waals surface area contributed by atoms with Gasteiger partial charge in [0, 0.05) is 25.8 Å². The summed E-state index contributed by atoms with van der Waals surface area (Å²) in [6.07, 6.45) is 3.90. The largest absolute Gasteiger partial charge is 0.497 e. The lowest BCUT2D eigenvalue weighted by molar-refractivity contribution is -0.124. The maximum absolute atomic E-state index is 13.8. The summed E-state index contributed by atoms with van der Waals surface area (Å²) in [5, 5.41) is 2.85. The molecule has 1 N–H and O–H groups in total. The fraction of sp³-hybridized carbons (Fsp3) is 0.707. The van der Waals surface area contributed by atoms with Crippen LogP contribution in [0.1, 0.15) is 86.6 Å². The average molecular weight is 888 g/mol. The molecule has 0 bridgehead atoms. The summed E-state index contributed by atoms with van der Waals surface area (Å²) in [7, 11) is -2.77. The van der Waals surface area contributed by atoms with Gasteiger partial charge in [0.15, 0.2) is 16.6 Å². The molecule has 4 unspecified atom stereocenters. The van der Waals surface area contributed by atoms with E-state index in [2.05, 4.69) is 116 Å². The number of carbonyl (C=O) groups is 2. The van der Waals surface area contributed by atoms with Crippen LogP contribution < -0.4 is 10.1 Å². The third-order valence-corrected chi connectivity index (χ3v) is 20.6. The van der Waals surface area contributed by atoms with Crippen molar-refractivity contribution in [3.63, 3.8) is 0 Å². The van der Waals surface area contributed by atoms with Crippen LogP contribution in [0.3, 0.4) is 0 Å². The van der Waals surface area contributed by atoms with E-state index in [1.165, 1.54) is 0 Å². The number of methoxy groups -OCH3 is 1. The predicted molar refractivity (Wildman–Crippen MR) is 229 cm³/mol. The number of amides is 1. The highest BCUT2D eigenvalue weighted by molar-refractivity contribution is 14.1. The van der Waals surface area contributed by atoms with E-state index in [1.807, 2.05) is 34.4 Å². The molecule has 1 aliphatic heterocycles. The molecule has 53 heavy (non-hydrogen) atoms. The lowest BCUT2D eigenvalue weighted by Gasteiger charge is -2.41. The standard InChI is InChI=1S/C41H70INO8Si2/c1-15-24-47-39(45)43-23-21-35(50-52(11,12)40(4,5)6)36-27-37(51-53(13,14)41(7,8)9)38(49-36)30(3)26-32(44)25-29(2)34(20-22-42)48-28-31-16-18-33(46-10)19-17-31/h15-20,22,29-30,34-38H,1,21,23-28H2,2-14H3,(H,43,45)/b22-20+/t29?,30?,34?,35?,36-,37-,38-/m0/s1. The van der Waals surface area contributed by atoms with Gasteiger partial charge in [0.1, 0.15) is 18.1 Å². The Balaban J connectivity index is 2.26. The summed E-state index contributed by atoms with van der Waals surface area (Å²) in [6, 6.07) is 7.84. The Labute approximate surface area is 337 Å². The number of hydrogen-bond acceptors (Lipinski definition) is 8. The van der Waals surface area contributed by atoms with Gasteiger partial charge in [0.2, 0.25) is 0 Å². The monoisotopic (exact) mass is 887 g/mol. The molecule has 1 saturated heterocycles. The zero-order valence-electron chi connectivity index (χ0n) is 34.9. The van der Waals surface area contributed by atoms with Crippen molar-refractivity contribution in [3.8, 4) is 5.75 Å². The first-order valence-electron chi connectivity index (χ1n) is 19.1. The Morgan fingerprint density at radius 2 is 1.64 bits per heavy atom. The van der Waals surface area contributed by atoms with Gasteiger partial charge in [-0.15, -0.1) is 0 Å². The van der Waals surface area contributed by atoms with Crippen molar-refractivity contribution in [2.75, 3.05) is 20.3 Å². The van der Waals surface area contributed by atoms with E-state index < -0.39 is 22.7 Å². The second-order valence-corrected chi connectivity index (χ2v) is 27.9. The Kier molecular flexibility index (Phi) is 19.0. The highest BCUT2D eigenvalue weighted by Gasteiger charge is 2.49. The fourth-order valence-corrected chi connectivity index (χ4v) is 9.06. The molecule has 302 valence electrons. The van der Waals surface area contributed by atoms with E-state index in [1.54, 1.807) is 13.2 Å². The lowest BCUT2D eigenvalue weighted by atomic mass is 9.89. The van der Waals surface area contributed by atoms with E-state index >= 15 is 0 Å². The minimum Gasteiger partial charge on any atom is -0.497 e. The first kappa shape index (κ1) is 47.6. The third-order valence-electron chi connectivity index (χ3n) is 11.2.